The Kier molecular flexibility index (Phi) is 0.574. The summed E-state index contributed by atoms with van der Waals surface area (Å²) in [5, 5.41) is 9.61. The Balaban J connectivity index is 2.08. The molecule has 1 aliphatic heterocycles. The van der Waals surface area contributed by atoms with Gasteiger partial charge >= 0.3 is 0 Å². The van der Waals surface area contributed by atoms with Gasteiger partial charge in [-0.3, -0.25) is 0 Å². The van der Waals surface area contributed by atoms with Crippen LogP contribution in [0.15, 0.2) is 0 Å². The average Bonchev–Trinajstić information content (AvgIpc) is 1.30. The Hall–Kier alpha value is -0.120. The van der Waals surface area contributed by atoms with Gasteiger partial charge in [-0.2, -0.15) is 4.84 Å². The fourth-order valence-electron chi connectivity index (χ4n) is 0.185. The molecule has 3 nitrogen and oxygen atoms in total. The molecule has 0 aliphatic carbocycles. The van der Waals surface area contributed by atoms with Crippen LogP contribution in [0.25, 0.3) is 0 Å². The van der Waals surface area contributed by atoms with Crippen LogP contribution in [0.2, 0.25) is 0 Å². The predicted octanol–water partition coefficient (Wildman–Crippen LogP) is -1.69. The lowest BCUT2D eigenvalue weighted by molar-refractivity contribution is -1.10. The zero-order valence-electron chi connectivity index (χ0n) is 2.73. The Labute approximate surface area is 29.7 Å². The highest BCUT2D eigenvalue weighted by atomic mass is 16.9. The molecule has 0 bridgehead atoms. The van der Waals surface area contributed by atoms with Crippen molar-refractivity contribution in [2.24, 2.45) is 0 Å². The number of rotatable bonds is 0. The van der Waals surface area contributed by atoms with E-state index in [4.69, 9.17) is 0 Å². The Morgan fingerprint density at radius 1 is 1.80 bits per heavy atom. The molecule has 3 heteroatoms. The molecule has 0 spiro atoms. The molecule has 0 aromatic rings. The summed E-state index contributed by atoms with van der Waals surface area (Å²) < 4.78 is 0. The zero-order chi connectivity index (χ0) is 3.70. The minimum absolute atomic E-state index is 0.0648. The van der Waals surface area contributed by atoms with E-state index in [-0.39, 0.29) is 5.23 Å². The topological polar surface area (TPSA) is 36.7 Å². The van der Waals surface area contributed by atoms with E-state index in [1.54, 1.807) is 0 Å². The van der Waals surface area contributed by atoms with Crippen LogP contribution in [0.4, 0.5) is 0 Å². The third kappa shape index (κ3) is 0.397. The maximum absolute atomic E-state index is 9.68. The van der Waals surface area contributed by atoms with Crippen molar-refractivity contribution in [1.29, 1.82) is 0 Å². The smallest absolute Gasteiger partial charge is 0.158 e. The molecular weight excluding hydrogens is 70.0 g/mol. The zero-order valence-corrected chi connectivity index (χ0v) is 2.73. The van der Waals surface area contributed by atoms with Crippen LogP contribution in [0.1, 0.15) is 0 Å². The van der Waals surface area contributed by atoms with Crippen LogP contribution in [0.3, 0.4) is 0 Å². The SMILES string of the molecule is [O-][NH+]1CCO1. The van der Waals surface area contributed by atoms with E-state index in [2.05, 4.69) is 4.84 Å². The highest BCUT2D eigenvalue weighted by molar-refractivity contribution is 4.23. The molecule has 1 atom stereocenters. The van der Waals surface area contributed by atoms with Gasteiger partial charge < -0.3 is 5.21 Å². The van der Waals surface area contributed by atoms with Crippen molar-refractivity contribution in [3.8, 4) is 0 Å². The first-order valence-corrected chi connectivity index (χ1v) is 1.55. The van der Waals surface area contributed by atoms with Gasteiger partial charge in [0.2, 0.25) is 0 Å². The summed E-state index contributed by atoms with van der Waals surface area (Å²) in [5.41, 5.74) is 0. The highest BCUT2D eigenvalue weighted by Gasteiger charge is 2.07. The predicted molar refractivity (Wildman–Crippen MR) is 15.1 cm³/mol. The lowest BCUT2D eigenvalue weighted by atomic mass is 10.7. The van der Waals surface area contributed by atoms with E-state index in [1.165, 1.54) is 0 Å². The molecule has 1 fully saturated rings. The van der Waals surface area contributed by atoms with Crippen LogP contribution in [-0.2, 0) is 4.84 Å². The number of hydrogen-bond donors (Lipinski definition) is 1. The first-order valence-electron chi connectivity index (χ1n) is 1.55. The Morgan fingerprint density at radius 3 is 2.20 bits per heavy atom. The number of hydroxylamine groups is 2. The van der Waals surface area contributed by atoms with Crippen molar-refractivity contribution in [3.05, 3.63) is 5.21 Å². The molecule has 1 heterocycles. The maximum atomic E-state index is 9.68. The van der Waals surface area contributed by atoms with E-state index in [0.717, 1.165) is 0 Å². The van der Waals surface area contributed by atoms with Crippen molar-refractivity contribution in [2.75, 3.05) is 13.2 Å². The summed E-state index contributed by atoms with van der Waals surface area (Å²) in [6.07, 6.45) is 0. The minimum atomic E-state index is -0.0648. The molecule has 30 valence electrons. The summed E-state index contributed by atoms with van der Waals surface area (Å²) in [6, 6.07) is 0. The van der Waals surface area contributed by atoms with Gasteiger partial charge in [-0.25, -0.2) is 5.23 Å². The number of nitrogens with one attached hydrogen (secondary N) is 1. The van der Waals surface area contributed by atoms with Crippen LogP contribution in [-0.4, -0.2) is 13.2 Å². The summed E-state index contributed by atoms with van der Waals surface area (Å²) in [5.74, 6) is 0. The second-order valence-electron chi connectivity index (χ2n) is 0.970. The molecule has 1 unspecified atom stereocenters. The summed E-state index contributed by atoms with van der Waals surface area (Å²) in [6.45, 7) is 1.26. The normalized spacial score (nSPS) is 36.6. The van der Waals surface area contributed by atoms with Gasteiger partial charge in [0, 0.05) is 0 Å². The largest absolute Gasteiger partial charge is 0.600 e. The van der Waals surface area contributed by atoms with Crippen molar-refractivity contribution in [3.63, 3.8) is 0 Å². The quantitative estimate of drug-likeness (QED) is 0.349. The molecule has 0 aromatic heterocycles. The van der Waals surface area contributed by atoms with Crippen LogP contribution in [0, 0.1) is 5.21 Å². The third-order valence-corrected chi connectivity index (χ3v) is 0.569. The number of hydrogen-bond acceptors (Lipinski definition) is 2. The second kappa shape index (κ2) is 0.931. The van der Waals surface area contributed by atoms with Crippen LogP contribution < -0.4 is 5.23 Å². The van der Waals surface area contributed by atoms with Gasteiger partial charge in [0.1, 0.15) is 6.54 Å². The fraction of sp³-hybridized carbons (Fsp3) is 1.00. The van der Waals surface area contributed by atoms with Crippen LogP contribution in [0.5, 0.6) is 0 Å². The Morgan fingerprint density at radius 2 is 2.20 bits per heavy atom. The van der Waals surface area contributed by atoms with Crippen LogP contribution >= 0.6 is 0 Å². The van der Waals surface area contributed by atoms with Crippen molar-refractivity contribution in [2.45, 2.75) is 0 Å². The number of quaternary nitrogens is 1. The first kappa shape index (κ1) is 3.08. The molecule has 5 heavy (non-hydrogen) atoms. The van der Waals surface area contributed by atoms with Gasteiger partial charge in [0.05, 0.1) is 0 Å². The summed E-state index contributed by atoms with van der Waals surface area (Å²) in [7, 11) is 0. The maximum Gasteiger partial charge on any atom is 0.158 e. The van der Waals surface area contributed by atoms with E-state index < -0.39 is 0 Å². The van der Waals surface area contributed by atoms with Gasteiger partial charge in [0.25, 0.3) is 0 Å². The molecular formula is C2H5NO2. The van der Waals surface area contributed by atoms with Crippen molar-refractivity contribution in [1.82, 2.24) is 0 Å². The molecule has 0 radical (unpaired) electrons. The molecule has 1 aliphatic rings. The van der Waals surface area contributed by atoms with Gasteiger partial charge in [-0.15, -0.1) is 0 Å². The average molecular weight is 75.1 g/mol. The lowest BCUT2D eigenvalue weighted by Gasteiger charge is -2.26. The second-order valence-corrected chi connectivity index (χ2v) is 0.970. The first-order chi connectivity index (χ1) is 2.39. The molecule has 0 aromatic carbocycles. The molecule has 1 N–H and O–H groups in total. The third-order valence-electron chi connectivity index (χ3n) is 0.569. The Bertz CT molecular complexity index is 34.6. The standard InChI is InChI=1S/C2H5NO2/c4-3-1-2-5-3/h3H,1-2H2. The van der Waals surface area contributed by atoms with E-state index >= 15 is 0 Å². The van der Waals surface area contributed by atoms with E-state index in [1.807, 2.05) is 0 Å². The lowest BCUT2D eigenvalue weighted by Crippen LogP contribution is -3.13. The fourth-order valence-corrected chi connectivity index (χ4v) is 0.185. The van der Waals surface area contributed by atoms with Gasteiger partial charge in [0.15, 0.2) is 6.61 Å². The molecule has 0 amide bonds. The van der Waals surface area contributed by atoms with Crippen molar-refractivity contribution < 1.29 is 10.1 Å². The van der Waals surface area contributed by atoms with Gasteiger partial charge in [-0.05, 0) is 0 Å². The van der Waals surface area contributed by atoms with E-state index in [0.29, 0.717) is 13.2 Å². The monoisotopic (exact) mass is 75.0 g/mol. The highest BCUT2D eigenvalue weighted by Crippen LogP contribution is 1.63. The molecule has 0 saturated carbocycles. The molecule has 1 saturated heterocycles. The van der Waals surface area contributed by atoms with E-state index in [9.17, 15) is 5.21 Å². The van der Waals surface area contributed by atoms with Crippen molar-refractivity contribution >= 4 is 0 Å². The summed E-state index contributed by atoms with van der Waals surface area (Å²) in [4.78, 5) is 4.29. The van der Waals surface area contributed by atoms with Gasteiger partial charge in [-0.1, -0.05) is 0 Å². The minimum Gasteiger partial charge on any atom is -0.600 e. The summed E-state index contributed by atoms with van der Waals surface area (Å²) >= 11 is 0. The molecule has 1 rings (SSSR count).